The fourth-order valence-electron chi connectivity index (χ4n) is 3.29. The van der Waals surface area contributed by atoms with E-state index in [0.29, 0.717) is 11.5 Å². The topological polar surface area (TPSA) is 70.2 Å². The van der Waals surface area contributed by atoms with Gasteiger partial charge in [-0.05, 0) is 68.3 Å². The van der Waals surface area contributed by atoms with E-state index < -0.39 is 0 Å². The summed E-state index contributed by atoms with van der Waals surface area (Å²) in [5.74, 6) is 1.41. The molecule has 1 aliphatic rings. The molecule has 0 atom stereocenters. The van der Waals surface area contributed by atoms with Crippen LogP contribution in [0.25, 0.3) is 0 Å². The van der Waals surface area contributed by atoms with Gasteiger partial charge < -0.3 is 15.5 Å². The maximum Gasteiger partial charge on any atom is 0.255 e. The number of aryl methyl sites for hydroxylation is 1. The average molecular weight is 452 g/mol. The van der Waals surface area contributed by atoms with E-state index in [1.807, 2.05) is 49.4 Å². The normalized spacial score (nSPS) is 13.4. The maximum absolute atomic E-state index is 12.3. The van der Waals surface area contributed by atoms with Crippen molar-refractivity contribution in [2.24, 2.45) is 0 Å². The van der Waals surface area contributed by atoms with Crippen molar-refractivity contribution in [2.75, 3.05) is 28.6 Å². The molecule has 1 amide bonds. The zero-order chi connectivity index (χ0) is 20.2. The van der Waals surface area contributed by atoms with Gasteiger partial charge in [-0.3, -0.25) is 4.79 Å². The molecule has 0 bridgehead atoms. The van der Waals surface area contributed by atoms with Crippen LogP contribution in [0.4, 0.5) is 23.1 Å². The molecule has 2 aromatic carbocycles. The molecule has 0 spiro atoms. The van der Waals surface area contributed by atoms with E-state index in [0.717, 1.165) is 40.4 Å². The van der Waals surface area contributed by atoms with Gasteiger partial charge in [0.25, 0.3) is 5.91 Å². The van der Waals surface area contributed by atoms with Gasteiger partial charge in [-0.1, -0.05) is 15.9 Å². The number of carbonyl (C=O) groups excluding carboxylic acids is 1. The van der Waals surface area contributed by atoms with Crippen LogP contribution in [-0.4, -0.2) is 29.0 Å². The fourth-order valence-corrected chi connectivity index (χ4v) is 3.55. The molecule has 6 nitrogen and oxygen atoms in total. The van der Waals surface area contributed by atoms with Gasteiger partial charge in [0.05, 0.1) is 0 Å². The number of nitrogens with zero attached hydrogens (tertiary/aromatic N) is 3. The number of rotatable bonds is 5. The third kappa shape index (κ3) is 4.92. The van der Waals surface area contributed by atoms with Gasteiger partial charge in [0, 0.05) is 46.3 Å². The van der Waals surface area contributed by atoms with Gasteiger partial charge >= 0.3 is 0 Å². The summed E-state index contributed by atoms with van der Waals surface area (Å²) in [6.07, 6.45) is 2.42. The Hall–Kier alpha value is -2.93. The monoisotopic (exact) mass is 451 g/mol. The first-order chi connectivity index (χ1) is 14.1. The summed E-state index contributed by atoms with van der Waals surface area (Å²) in [4.78, 5) is 23.8. The van der Waals surface area contributed by atoms with Crippen LogP contribution in [0.1, 0.15) is 28.9 Å². The van der Waals surface area contributed by atoms with Crippen molar-refractivity contribution in [3.8, 4) is 0 Å². The van der Waals surface area contributed by atoms with Crippen LogP contribution in [0.5, 0.6) is 0 Å². The Bertz CT molecular complexity index is 999. The van der Waals surface area contributed by atoms with E-state index in [1.54, 1.807) is 12.1 Å². The van der Waals surface area contributed by atoms with Crippen molar-refractivity contribution in [3.05, 3.63) is 70.3 Å². The molecule has 2 N–H and O–H groups in total. The highest BCUT2D eigenvalue weighted by molar-refractivity contribution is 9.10. The molecule has 148 valence electrons. The smallest absolute Gasteiger partial charge is 0.255 e. The highest BCUT2D eigenvalue weighted by atomic mass is 79.9. The Morgan fingerprint density at radius 1 is 0.966 bits per heavy atom. The molecule has 0 saturated carbocycles. The van der Waals surface area contributed by atoms with Gasteiger partial charge in [0.15, 0.2) is 0 Å². The first-order valence-corrected chi connectivity index (χ1v) is 10.4. The first-order valence-electron chi connectivity index (χ1n) is 9.61. The van der Waals surface area contributed by atoms with Gasteiger partial charge in [-0.25, -0.2) is 4.98 Å². The summed E-state index contributed by atoms with van der Waals surface area (Å²) in [6, 6.07) is 16.8. The van der Waals surface area contributed by atoms with Crippen molar-refractivity contribution in [3.63, 3.8) is 0 Å². The summed E-state index contributed by atoms with van der Waals surface area (Å²) in [5, 5.41) is 6.16. The number of halogens is 1. The average Bonchev–Trinajstić information content (AvgIpc) is 3.24. The van der Waals surface area contributed by atoms with Crippen molar-refractivity contribution < 1.29 is 4.79 Å². The van der Waals surface area contributed by atoms with Crippen molar-refractivity contribution in [1.29, 1.82) is 0 Å². The van der Waals surface area contributed by atoms with Gasteiger partial charge in [-0.15, -0.1) is 0 Å². The summed E-state index contributed by atoms with van der Waals surface area (Å²) in [7, 11) is 0. The molecule has 1 aromatic heterocycles. The predicted octanol–water partition coefficient (Wildman–Crippen LogP) is 5.14. The number of anilines is 4. The molecule has 1 aliphatic heterocycles. The molecule has 1 saturated heterocycles. The lowest BCUT2D eigenvalue weighted by Gasteiger charge is -2.17. The van der Waals surface area contributed by atoms with E-state index in [9.17, 15) is 4.79 Å². The van der Waals surface area contributed by atoms with E-state index in [-0.39, 0.29) is 5.91 Å². The molecule has 3 aromatic rings. The summed E-state index contributed by atoms with van der Waals surface area (Å²) < 4.78 is 0.940. The van der Waals surface area contributed by atoms with Crippen LogP contribution < -0.4 is 15.5 Å². The molecule has 7 heteroatoms. The van der Waals surface area contributed by atoms with Gasteiger partial charge in [0.2, 0.25) is 5.95 Å². The molecule has 1 fully saturated rings. The Morgan fingerprint density at radius 3 is 2.31 bits per heavy atom. The highest BCUT2D eigenvalue weighted by Gasteiger charge is 2.15. The predicted molar refractivity (Wildman–Crippen MR) is 120 cm³/mol. The van der Waals surface area contributed by atoms with Crippen LogP contribution in [-0.2, 0) is 0 Å². The van der Waals surface area contributed by atoms with Crippen LogP contribution in [0.3, 0.4) is 0 Å². The number of aromatic nitrogens is 2. The Balaban J connectivity index is 1.43. The van der Waals surface area contributed by atoms with Crippen LogP contribution in [0.2, 0.25) is 0 Å². The van der Waals surface area contributed by atoms with Crippen LogP contribution in [0.15, 0.2) is 59.1 Å². The zero-order valence-electron chi connectivity index (χ0n) is 16.2. The third-order valence-electron chi connectivity index (χ3n) is 4.78. The highest BCUT2D eigenvalue weighted by Crippen LogP contribution is 2.22. The zero-order valence-corrected chi connectivity index (χ0v) is 17.7. The minimum atomic E-state index is -0.143. The lowest BCUT2D eigenvalue weighted by molar-refractivity contribution is 0.102. The molecular weight excluding hydrogens is 430 g/mol. The molecule has 0 radical (unpaired) electrons. The second kappa shape index (κ2) is 8.61. The number of benzene rings is 2. The number of amides is 1. The molecular formula is C22H22BrN5O. The third-order valence-corrected chi connectivity index (χ3v) is 5.30. The lowest BCUT2D eigenvalue weighted by Crippen LogP contribution is -2.19. The Morgan fingerprint density at radius 2 is 1.62 bits per heavy atom. The maximum atomic E-state index is 12.3. The number of carbonyl (C=O) groups is 1. The second-order valence-corrected chi connectivity index (χ2v) is 7.96. The van der Waals surface area contributed by atoms with Gasteiger partial charge in [0.1, 0.15) is 5.82 Å². The molecule has 0 unspecified atom stereocenters. The summed E-state index contributed by atoms with van der Waals surface area (Å²) >= 11 is 3.37. The van der Waals surface area contributed by atoms with E-state index in [1.165, 1.54) is 12.8 Å². The van der Waals surface area contributed by atoms with Gasteiger partial charge in [-0.2, -0.15) is 4.98 Å². The molecule has 4 rings (SSSR count). The lowest BCUT2D eigenvalue weighted by atomic mass is 10.2. The number of hydrogen-bond donors (Lipinski definition) is 2. The SMILES string of the molecule is Cc1cc(N2CCCC2)nc(Nc2ccc(NC(=O)c3ccc(Br)cc3)cc2)n1. The molecule has 0 aliphatic carbocycles. The van der Waals surface area contributed by atoms with E-state index in [4.69, 9.17) is 0 Å². The minimum Gasteiger partial charge on any atom is -0.356 e. The first kappa shape index (κ1) is 19.4. The minimum absolute atomic E-state index is 0.143. The van der Waals surface area contributed by atoms with Crippen LogP contribution >= 0.6 is 15.9 Å². The quantitative estimate of drug-likeness (QED) is 0.561. The second-order valence-electron chi connectivity index (χ2n) is 7.05. The largest absolute Gasteiger partial charge is 0.356 e. The molecule has 2 heterocycles. The Kier molecular flexibility index (Phi) is 5.76. The van der Waals surface area contributed by atoms with Crippen molar-refractivity contribution in [1.82, 2.24) is 9.97 Å². The summed E-state index contributed by atoms with van der Waals surface area (Å²) in [6.45, 7) is 4.07. The van der Waals surface area contributed by atoms with Crippen molar-refractivity contribution >= 4 is 45.0 Å². The van der Waals surface area contributed by atoms with E-state index >= 15 is 0 Å². The van der Waals surface area contributed by atoms with E-state index in [2.05, 4.69) is 41.4 Å². The standard InChI is InChI=1S/C22H22BrN5O/c1-15-14-20(28-12-2-3-13-28)27-22(24-15)26-19-10-8-18(9-11-19)25-21(29)16-4-6-17(23)7-5-16/h4-11,14H,2-3,12-13H2,1H3,(H,25,29)(H,24,26,27). The molecule has 29 heavy (non-hydrogen) atoms. The Labute approximate surface area is 178 Å². The number of hydrogen-bond acceptors (Lipinski definition) is 5. The fraction of sp³-hybridized carbons (Fsp3) is 0.227. The summed E-state index contributed by atoms with van der Waals surface area (Å²) in [5.41, 5.74) is 3.14. The van der Waals surface area contributed by atoms with Crippen molar-refractivity contribution in [2.45, 2.75) is 19.8 Å². The van der Waals surface area contributed by atoms with Crippen LogP contribution in [0, 0.1) is 6.92 Å². The number of nitrogens with one attached hydrogen (secondary N) is 2.